The third-order valence-electron chi connectivity index (χ3n) is 14.4. The second kappa shape index (κ2) is 27.5. The van der Waals surface area contributed by atoms with Crippen molar-refractivity contribution >= 4 is 46.4 Å². The summed E-state index contributed by atoms with van der Waals surface area (Å²) in [6, 6.07) is 42.7. The molecule has 5 heterocycles. The summed E-state index contributed by atoms with van der Waals surface area (Å²) in [6.07, 6.45) is 27.2. The molecule has 3 aromatic heterocycles. The second-order valence-electron chi connectivity index (χ2n) is 20.2. The fraction of sp³-hybridized carbons (Fsp3) is 0.353. The van der Waals surface area contributed by atoms with E-state index in [0.717, 1.165) is 138 Å². The quantitative estimate of drug-likeness (QED) is 0.0475. The van der Waals surface area contributed by atoms with Gasteiger partial charge in [-0.15, -0.1) is 0 Å². The second-order valence-corrected chi connectivity index (χ2v) is 20.2. The zero-order chi connectivity index (χ0) is 52.3. The zero-order valence-electron chi connectivity index (χ0n) is 45.5. The standard InChI is InChI=1S/C68H78N4O4/c1-5-9-13-17-45-73-53-29-21-49(22-30-53)65-57-37-39-59(69-57)66(50-23-31-54(32-24-50)74-46-18-14-10-6-2)61-41-43-63(71-61)68(52-27-35-56(36-28-52)76-48-20-16-12-8-4)64-44-42-62(72-64)67(60-40-38-58(65)70-60)51-25-33-55(34-26-51)75-47-19-15-11-7-3/h21-44,69,72H,5-20,45-48H2,1-4H3. The lowest BCUT2D eigenvalue weighted by Gasteiger charge is -2.10. The van der Waals surface area contributed by atoms with Crippen LogP contribution in [-0.4, -0.2) is 46.4 Å². The van der Waals surface area contributed by atoms with Gasteiger partial charge in [0.25, 0.3) is 0 Å². The van der Waals surface area contributed by atoms with Crippen LogP contribution in [-0.2, 0) is 0 Å². The largest absolute Gasteiger partial charge is 0.494 e. The summed E-state index contributed by atoms with van der Waals surface area (Å²) >= 11 is 0. The molecule has 76 heavy (non-hydrogen) atoms. The smallest absolute Gasteiger partial charge is 0.119 e. The molecule has 8 bridgehead atoms. The van der Waals surface area contributed by atoms with Gasteiger partial charge in [0, 0.05) is 44.3 Å². The summed E-state index contributed by atoms with van der Waals surface area (Å²) < 4.78 is 25.0. The summed E-state index contributed by atoms with van der Waals surface area (Å²) in [5.41, 5.74) is 15.3. The molecule has 8 nitrogen and oxygen atoms in total. The van der Waals surface area contributed by atoms with Crippen molar-refractivity contribution in [3.05, 3.63) is 144 Å². The van der Waals surface area contributed by atoms with Gasteiger partial charge in [-0.25, -0.2) is 9.97 Å². The van der Waals surface area contributed by atoms with Gasteiger partial charge in [0.1, 0.15) is 23.0 Å². The van der Waals surface area contributed by atoms with Crippen LogP contribution in [0.2, 0.25) is 0 Å². The van der Waals surface area contributed by atoms with Crippen molar-refractivity contribution in [2.75, 3.05) is 26.4 Å². The number of nitrogens with zero attached hydrogens (tertiary/aromatic N) is 2. The molecule has 7 aromatic rings. The van der Waals surface area contributed by atoms with E-state index in [-0.39, 0.29) is 0 Å². The molecule has 2 aliphatic rings. The van der Waals surface area contributed by atoms with E-state index >= 15 is 0 Å². The lowest BCUT2D eigenvalue weighted by Crippen LogP contribution is -1.97. The van der Waals surface area contributed by atoms with Gasteiger partial charge >= 0.3 is 0 Å². The van der Waals surface area contributed by atoms with Crippen molar-refractivity contribution in [1.82, 2.24) is 19.9 Å². The molecule has 4 aromatic carbocycles. The van der Waals surface area contributed by atoms with E-state index in [2.05, 4.69) is 183 Å². The van der Waals surface area contributed by atoms with Crippen LogP contribution in [0, 0.1) is 0 Å². The van der Waals surface area contributed by atoms with Crippen molar-refractivity contribution in [3.63, 3.8) is 0 Å². The average Bonchev–Trinajstić information content (AvgIpc) is 4.32. The zero-order valence-corrected chi connectivity index (χ0v) is 45.5. The minimum absolute atomic E-state index is 0.705. The van der Waals surface area contributed by atoms with Crippen molar-refractivity contribution < 1.29 is 18.9 Å². The minimum atomic E-state index is 0.705. The number of benzene rings is 4. The normalized spacial score (nSPS) is 11.8. The molecular weight excluding hydrogens is 937 g/mol. The molecule has 0 unspecified atom stereocenters. The van der Waals surface area contributed by atoms with E-state index < -0.39 is 0 Å². The van der Waals surface area contributed by atoms with Gasteiger partial charge < -0.3 is 28.9 Å². The monoisotopic (exact) mass is 1010 g/mol. The molecule has 2 N–H and O–H groups in total. The molecule has 0 fully saturated rings. The first kappa shape index (κ1) is 53.5. The van der Waals surface area contributed by atoms with E-state index in [9.17, 15) is 0 Å². The van der Waals surface area contributed by atoms with Crippen molar-refractivity contribution in [2.45, 2.75) is 130 Å². The highest BCUT2D eigenvalue weighted by molar-refractivity contribution is 6.00. The van der Waals surface area contributed by atoms with Crippen LogP contribution in [0.15, 0.2) is 121 Å². The first-order valence-electron chi connectivity index (χ1n) is 28.6. The van der Waals surface area contributed by atoms with Crippen molar-refractivity contribution in [2.24, 2.45) is 0 Å². The summed E-state index contributed by atoms with van der Waals surface area (Å²) in [5.74, 6) is 3.46. The molecule has 0 spiro atoms. The Bertz CT molecular complexity index is 2760. The number of hydrogen-bond donors (Lipinski definition) is 2. The van der Waals surface area contributed by atoms with E-state index in [1.165, 1.54) is 77.0 Å². The highest BCUT2D eigenvalue weighted by Gasteiger charge is 2.20. The Morgan fingerprint density at radius 1 is 0.276 bits per heavy atom. The number of fused-ring (bicyclic) bond motifs is 8. The summed E-state index contributed by atoms with van der Waals surface area (Å²) in [6.45, 7) is 11.8. The summed E-state index contributed by atoms with van der Waals surface area (Å²) in [7, 11) is 0. The van der Waals surface area contributed by atoms with Gasteiger partial charge in [-0.3, -0.25) is 0 Å². The van der Waals surface area contributed by atoms with Gasteiger partial charge in [0.2, 0.25) is 0 Å². The van der Waals surface area contributed by atoms with Crippen molar-refractivity contribution in [1.29, 1.82) is 0 Å². The topological polar surface area (TPSA) is 94.3 Å². The van der Waals surface area contributed by atoms with E-state index in [1.54, 1.807) is 0 Å². The van der Waals surface area contributed by atoms with E-state index in [0.29, 0.717) is 26.4 Å². The molecule has 394 valence electrons. The molecule has 0 radical (unpaired) electrons. The SMILES string of the molecule is CCCCCCOc1ccc(-c2c3nc(c(-c4ccc(OCCCCCC)cc4)c4ccc([nH]4)c(-c4ccc(OCCCCCC)cc4)c4nc(c(-c5ccc(OCCCCCC)cc5)c5ccc2[nH]5)C=C4)C=C3)cc1. The van der Waals surface area contributed by atoms with Gasteiger partial charge in [0.05, 0.1) is 49.2 Å². The Labute approximate surface area is 451 Å². The fourth-order valence-electron chi connectivity index (χ4n) is 10.2. The fourth-order valence-corrected chi connectivity index (χ4v) is 10.2. The maximum atomic E-state index is 6.25. The van der Waals surface area contributed by atoms with Gasteiger partial charge in [-0.2, -0.15) is 0 Å². The van der Waals surface area contributed by atoms with Crippen LogP contribution in [0.3, 0.4) is 0 Å². The molecular formula is C68H78N4O4. The Kier molecular flexibility index (Phi) is 19.3. The Hall–Kier alpha value is -7.32. The molecule has 9 rings (SSSR count). The number of hydrogen-bond acceptors (Lipinski definition) is 6. The van der Waals surface area contributed by atoms with Crippen molar-refractivity contribution in [3.8, 4) is 67.5 Å². The summed E-state index contributed by atoms with van der Waals surface area (Å²) in [5, 5.41) is 0. The predicted octanol–water partition coefficient (Wildman–Crippen LogP) is 19.2. The highest BCUT2D eigenvalue weighted by Crippen LogP contribution is 2.40. The number of aromatic nitrogens is 4. The molecule has 0 atom stereocenters. The highest BCUT2D eigenvalue weighted by atomic mass is 16.5. The van der Waals surface area contributed by atoms with Gasteiger partial charge in [-0.1, -0.05) is 153 Å². The van der Waals surface area contributed by atoms with Crippen LogP contribution in [0.25, 0.3) is 90.9 Å². The van der Waals surface area contributed by atoms with Crippen LogP contribution in [0.5, 0.6) is 23.0 Å². The van der Waals surface area contributed by atoms with Crippen LogP contribution >= 0.6 is 0 Å². The maximum Gasteiger partial charge on any atom is 0.119 e. The molecule has 0 aliphatic carbocycles. The lowest BCUT2D eigenvalue weighted by molar-refractivity contribution is 0.305. The molecule has 0 saturated carbocycles. The Morgan fingerprint density at radius 3 is 0.711 bits per heavy atom. The van der Waals surface area contributed by atoms with Crippen LogP contribution in [0.1, 0.15) is 153 Å². The Morgan fingerprint density at radius 2 is 0.500 bits per heavy atom. The third-order valence-corrected chi connectivity index (χ3v) is 14.4. The number of H-pyrrole nitrogens is 2. The maximum absolute atomic E-state index is 6.25. The third kappa shape index (κ3) is 13.7. The predicted molar refractivity (Wildman–Crippen MR) is 319 cm³/mol. The molecule has 0 saturated heterocycles. The Balaban J connectivity index is 1.23. The number of rotatable bonds is 28. The number of ether oxygens (including phenoxy) is 4. The van der Waals surface area contributed by atoms with Gasteiger partial charge in [0.15, 0.2) is 0 Å². The number of nitrogens with one attached hydrogen (secondary N) is 2. The molecule has 2 aliphatic heterocycles. The van der Waals surface area contributed by atoms with Crippen LogP contribution in [0.4, 0.5) is 0 Å². The number of unbranched alkanes of at least 4 members (excludes halogenated alkanes) is 12. The lowest BCUT2D eigenvalue weighted by atomic mass is 10.0. The van der Waals surface area contributed by atoms with E-state index in [4.69, 9.17) is 28.9 Å². The first-order chi connectivity index (χ1) is 37.5. The molecule has 0 amide bonds. The number of aromatic amines is 2. The first-order valence-corrected chi connectivity index (χ1v) is 28.6. The van der Waals surface area contributed by atoms with E-state index in [1.807, 2.05) is 0 Å². The average molecular weight is 1020 g/mol. The van der Waals surface area contributed by atoms with Gasteiger partial charge in [-0.05, 0) is 145 Å². The molecule has 8 heteroatoms. The summed E-state index contributed by atoms with van der Waals surface area (Å²) in [4.78, 5) is 19.0. The minimum Gasteiger partial charge on any atom is -0.494 e. The van der Waals surface area contributed by atoms with Crippen LogP contribution < -0.4 is 18.9 Å².